The van der Waals surface area contributed by atoms with Crippen molar-refractivity contribution in [1.82, 2.24) is 24.4 Å². The van der Waals surface area contributed by atoms with Gasteiger partial charge in [0.05, 0.1) is 6.33 Å². The Bertz CT molecular complexity index is 1160. The van der Waals surface area contributed by atoms with Crippen LogP contribution in [0.25, 0.3) is 11.2 Å². The zero-order valence-electron chi connectivity index (χ0n) is 21.1. The molecule has 0 radical (unpaired) electrons. The third kappa shape index (κ3) is 5.05. The van der Waals surface area contributed by atoms with Crippen LogP contribution in [0.4, 0.5) is 23.1 Å². The average molecular weight is 476 g/mol. The Morgan fingerprint density at radius 1 is 1.06 bits per heavy atom. The quantitative estimate of drug-likeness (QED) is 0.536. The Hall–Kier alpha value is -3.33. The number of fused-ring (bicyclic) bond motifs is 1. The molecule has 0 saturated carbocycles. The van der Waals surface area contributed by atoms with Crippen molar-refractivity contribution >= 4 is 34.3 Å². The predicted molar refractivity (Wildman–Crippen MR) is 143 cm³/mol. The van der Waals surface area contributed by atoms with Crippen LogP contribution in [0.15, 0.2) is 42.9 Å². The SMILES string of the molecule is CC(C)n1cnc2c(Nc3ccc(N4CCN(C)CC4)cc3)nc(N3CC[C@H](CC=CN)C3)nc21. The topological polar surface area (TPSA) is 91.4 Å². The van der Waals surface area contributed by atoms with Crippen molar-refractivity contribution < 1.29 is 0 Å². The first-order valence-electron chi connectivity index (χ1n) is 12.7. The highest BCUT2D eigenvalue weighted by atomic mass is 15.3. The standard InChI is InChI=1S/C26H37N9/c1-19(2)35-18-28-23-24(29-21-6-8-22(9-7-21)33-15-13-32(3)14-16-33)30-26(31-25(23)35)34-12-10-20(17-34)5-4-11-27/h4,6-9,11,18-20H,5,10,12-17,27H2,1-3H3,(H,29,30,31)/t20-/m0/s1. The minimum Gasteiger partial charge on any atom is -0.405 e. The molecule has 2 fully saturated rings. The maximum absolute atomic E-state index is 5.56. The van der Waals surface area contributed by atoms with Crippen molar-refractivity contribution in [2.24, 2.45) is 11.7 Å². The lowest BCUT2D eigenvalue weighted by molar-refractivity contribution is 0.313. The van der Waals surface area contributed by atoms with Crippen LogP contribution in [-0.2, 0) is 0 Å². The fourth-order valence-electron chi connectivity index (χ4n) is 4.95. The summed E-state index contributed by atoms with van der Waals surface area (Å²) in [5.41, 5.74) is 9.48. The second-order valence-electron chi connectivity index (χ2n) is 10.0. The number of aromatic nitrogens is 4. The molecule has 2 aromatic heterocycles. The lowest BCUT2D eigenvalue weighted by atomic mass is 10.1. The van der Waals surface area contributed by atoms with E-state index in [2.05, 4.69) is 74.7 Å². The highest BCUT2D eigenvalue weighted by Gasteiger charge is 2.26. The fourth-order valence-corrected chi connectivity index (χ4v) is 4.95. The van der Waals surface area contributed by atoms with Crippen molar-refractivity contribution in [1.29, 1.82) is 0 Å². The summed E-state index contributed by atoms with van der Waals surface area (Å²) in [7, 11) is 2.18. The molecule has 0 spiro atoms. The van der Waals surface area contributed by atoms with Crippen LogP contribution in [0.2, 0.25) is 0 Å². The summed E-state index contributed by atoms with van der Waals surface area (Å²) >= 11 is 0. The Morgan fingerprint density at radius 3 is 2.54 bits per heavy atom. The van der Waals surface area contributed by atoms with E-state index in [-0.39, 0.29) is 6.04 Å². The molecule has 2 aliphatic heterocycles. The van der Waals surface area contributed by atoms with Crippen LogP contribution in [0.3, 0.4) is 0 Å². The number of hydrogen-bond donors (Lipinski definition) is 2. The van der Waals surface area contributed by atoms with E-state index < -0.39 is 0 Å². The largest absolute Gasteiger partial charge is 0.405 e. The molecule has 1 aromatic carbocycles. The molecule has 2 saturated heterocycles. The molecule has 1 atom stereocenters. The molecule has 186 valence electrons. The van der Waals surface area contributed by atoms with Crippen molar-refractivity contribution in [3.8, 4) is 0 Å². The maximum Gasteiger partial charge on any atom is 0.229 e. The molecule has 9 heteroatoms. The van der Waals surface area contributed by atoms with Gasteiger partial charge < -0.3 is 30.3 Å². The van der Waals surface area contributed by atoms with Gasteiger partial charge in [0.1, 0.15) is 0 Å². The van der Waals surface area contributed by atoms with Crippen LogP contribution < -0.4 is 20.9 Å². The van der Waals surface area contributed by atoms with Gasteiger partial charge in [0.15, 0.2) is 17.0 Å². The number of nitrogens with one attached hydrogen (secondary N) is 1. The van der Waals surface area contributed by atoms with Crippen molar-refractivity contribution in [3.63, 3.8) is 0 Å². The van der Waals surface area contributed by atoms with Crippen molar-refractivity contribution in [3.05, 3.63) is 42.9 Å². The summed E-state index contributed by atoms with van der Waals surface area (Å²) in [5.74, 6) is 2.08. The fraction of sp³-hybridized carbons (Fsp3) is 0.500. The third-order valence-electron chi connectivity index (χ3n) is 7.14. The van der Waals surface area contributed by atoms with E-state index in [4.69, 9.17) is 15.7 Å². The first kappa shape index (κ1) is 23.4. The van der Waals surface area contributed by atoms with Crippen LogP contribution >= 0.6 is 0 Å². The number of allylic oxidation sites excluding steroid dienone is 1. The summed E-state index contributed by atoms with van der Waals surface area (Å²) in [6.07, 6.45) is 7.66. The molecule has 35 heavy (non-hydrogen) atoms. The first-order valence-corrected chi connectivity index (χ1v) is 12.7. The lowest BCUT2D eigenvalue weighted by Crippen LogP contribution is -2.44. The molecule has 0 unspecified atom stereocenters. The molecule has 0 bridgehead atoms. The predicted octanol–water partition coefficient (Wildman–Crippen LogP) is 3.59. The van der Waals surface area contributed by atoms with Gasteiger partial charge in [-0.25, -0.2) is 4.98 Å². The maximum atomic E-state index is 5.56. The monoisotopic (exact) mass is 475 g/mol. The smallest absolute Gasteiger partial charge is 0.229 e. The number of nitrogens with two attached hydrogens (primary N) is 1. The van der Waals surface area contributed by atoms with Gasteiger partial charge >= 0.3 is 0 Å². The molecular weight excluding hydrogens is 438 g/mol. The number of imidazole rings is 1. The average Bonchev–Trinajstić information content (AvgIpc) is 3.51. The van der Waals surface area contributed by atoms with Crippen LogP contribution in [-0.4, -0.2) is 70.7 Å². The summed E-state index contributed by atoms with van der Waals surface area (Å²) in [6.45, 7) is 10.5. The minimum absolute atomic E-state index is 0.263. The summed E-state index contributed by atoms with van der Waals surface area (Å²) < 4.78 is 2.12. The number of rotatable bonds is 7. The van der Waals surface area contributed by atoms with Gasteiger partial charge in [-0.3, -0.25) is 0 Å². The van der Waals surface area contributed by atoms with E-state index in [0.29, 0.717) is 5.92 Å². The van der Waals surface area contributed by atoms with E-state index in [1.807, 2.05) is 12.4 Å². The Balaban J connectivity index is 1.41. The number of piperazine rings is 1. The minimum atomic E-state index is 0.263. The van der Waals surface area contributed by atoms with Gasteiger partial charge in [-0.15, -0.1) is 0 Å². The Morgan fingerprint density at radius 2 is 1.83 bits per heavy atom. The normalized spacial score (nSPS) is 19.5. The van der Waals surface area contributed by atoms with Gasteiger partial charge in [0, 0.05) is 56.7 Å². The molecule has 3 aromatic rings. The molecular formula is C26H37N9. The molecule has 0 amide bonds. The second kappa shape index (κ2) is 10.1. The van der Waals surface area contributed by atoms with E-state index in [9.17, 15) is 0 Å². The summed E-state index contributed by atoms with van der Waals surface area (Å²) in [4.78, 5) is 21.7. The van der Waals surface area contributed by atoms with E-state index in [1.165, 1.54) is 5.69 Å². The van der Waals surface area contributed by atoms with E-state index in [1.54, 1.807) is 6.20 Å². The van der Waals surface area contributed by atoms with Crippen molar-refractivity contribution in [2.45, 2.75) is 32.7 Å². The number of benzene rings is 1. The highest BCUT2D eigenvalue weighted by Crippen LogP contribution is 2.30. The van der Waals surface area contributed by atoms with Crippen LogP contribution in [0, 0.1) is 5.92 Å². The molecule has 5 rings (SSSR count). The van der Waals surface area contributed by atoms with Gasteiger partial charge in [-0.05, 0) is 70.1 Å². The van der Waals surface area contributed by atoms with Crippen molar-refractivity contribution in [2.75, 3.05) is 61.4 Å². The van der Waals surface area contributed by atoms with Gasteiger partial charge in [-0.2, -0.15) is 9.97 Å². The Kier molecular flexibility index (Phi) is 6.77. The number of likely N-dealkylation sites (N-methyl/N-ethyl adjacent to an activating group) is 1. The van der Waals surface area contributed by atoms with E-state index >= 15 is 0 Å². The summed E-state index contributed by atoms with van der Waals surface area (Å²) in [5, 5.41) is 3.54. The molecule has 3 N–H and O–H groups in total. The molecule has 0 aliphatic carbocycles. The molecule has 2 aliphatic rings. The summed E-state index contributed by atoms with van der Waals surface area (Å²) in [6, 6.07) is 8.91. The van der Waals surface area contributed by atoms with Crippen LogP contribution in [0.1, 0.15) is 32.7 Å². The number of anilines is 4. The van der Waals surface area contributed by atoms with Gasteiger partial charge in [0.25, 0.3) is 0 Å². The third-order valence-corrected chi connectivity index (χ3v) is 7.14. The Labute approximate surface area is 207 Å². The van der Waals surface area contributed by atoms with Gasteiger partial charge in [-0.1, -0.05) is 6.08 Å². The van der Waals surface area contributed by atoms with Crippen LogP contribution in [0.5, 0.6) is 0 Å². The van der Waals surface area contributed by atoms with E-state index in [0.717, 1.165) is 80.7 Å². The number of nitrogens with zero attached hydrogens (tertiary/aromatic N) is 7. The van der Waals surface area contributed by atoms with Gasteiger partial charge in [0.2, 0.25) is 5.95 Å². The first-order chi connectivity index (χ1) is 17.0. The highest BCUT2D eigenvalue weighted by molar-refractivity contribution is 5.87. The second-order valence-corrected chi connectivity index (χ2v) is 10.0. The number of hydrogen-bond acceptors (Lipinski definition) is 8. The zero-order valence-corrected chi connectivity index (χ0v) is 21.1. The molecule has 4 heterocycles. The lowest BCUT2D eigenvalue weighted by Gasteiger charge is -2.34. The molecule has 9 nitrogen and oxygen atoms in total. The zero-order chi connectivity index (χ0) is 24.4.